The van der Waals surface area contributed by atoms with Crippen LogP contribution in [0.1, 0.15) is 55.4 Å². The van der Waals surface area contributed by atoms with Crippen LogP contribution in [-0.2, 0) is 0 Å². The highest BCUT2D eigenvalue weighted by molar-refractivity contribution is 7.65. The fourth-order valence-electron chi connectivity index (χ4n) is 6.42. The van der Waals surface area contributed by atoms with Crippen molar-refractivity contribution in [1.82, 2.24) is 0 Å². The second kappa shape index (κ2) is 13.3. The van der Waals surface area contributed by atoms with Crippen molar-refractivity contribution in [2.24, 2.45) is 0 Å². The molecule has 0 aliphatic carbocycles. The third-order valence-electron chi connectivity index (χ3n) is 7.86. The van der Waals surface area contributed by atoms with Crippen LogP contribution in [0.4, 0.5) is 65.9 Å². The summed E-state index contributed by atoms with van der Waals surface area (Å²) in [6, 6.07) is 0. The minimum Gasteiger partial charge on any atom is -0.207 e. The molecule has 0 saturated carbocycles. The van der Waals surface area contributed by atoms with Crippen molar-refractivity contribution in [2.75, 3.05) is 0 Å². The van der Waals surface area contributed by atoms with E-state index < -0.39 is 139 Å². The molecule has 17 heteroatoms. The van der Waals surface area contributed by atoms with Crippen molar-refractivity contribution in [2.45, 2.75) is 65.7 Å². The molecular weight excluding hydrogens is 711 g/mol. The zero-order chi connectivity index (χ0) is 38.0. The van der Waals surface area contributed by atoms with E-state index in [1.165, 1.54) is 41.5 Å². The fourth-order valence-corrected chi connectivity index (χ4v) is 10.5. The predicted molar refractivity (Wildman–Crippen MR) is 156 cm³/mol. The molecular formula is C32H24BF15P-. The van der Waals surface area contributed by atoms with Crippen molar-refractivity contribution in [1.29, 1.82) is 0 Å². The summed E-state index contributed by atoms with van der Waals surface area (Å²) in [6.07, 6.45) is -5.89. The lowest BCUT2D eigenvalue weighted by molar-refractivity contribution is 0.379. The number of benzene rings is 3. The van der Waals surface area contributed by atoms with Gasteiger partial charge in [0, 0.05) is 0 Å². The Labute approximate surface area is 272 Å². The molecule has 266 valence electrons. The molecule has 0 radical (unpaired) electrons. The van der Waals surface area contributed by atoms with Gasteiger partial charge in [-0.2, -0.15) is 0 Å². The minimum atomic E-state index is -5.89. The third kappa shape index (κ3) is 6.00. The molecule has 0 unspecified atom stereocenters. The monoisotopic (exact) mass is 735 g/mol. The minimum absolute atomic E-state index is 0.501. The Morgan fingerprint density at radius 3 is 0.816 bits per heavy atom. The topological polar surface area (TPSA) is 0 Å². The molecule has 0 bridgehead atoms. The Kier molecular flexibility index (Phi) is 10.8. The molecule has 0 aliphatic heterocycles. The molecule has 3 rings (SSSR count). The van der Waals surface area contributed by atoms with Gasteiger partial charge in [-0.25, -0.2) is 71.3 Å². The van der Waals surface area contributed by atoms with E-state index in [2.05, 4.69) is 11.8 Å². The highest BCUT2D eigenvalue weighted by Gasteiger charge is 2.51. The molecule has 0 atom stereocenters. The van der Waals surface area contributed by atoms with Gasteiger partial charge in [0.15, 0.2) is 52.4 Å². The maximum atomic E-state index is 16.1. The van der Waals surface area contributed by atoms with E-state index in [9.17, 15) is 13.2 Å². The molecule has 0 saturated heterocycles. The van der Waals surface area contributed by atoms with E-state index in [1.54, 1.807) is 0 Å². The summed E-state index contributed by atoms with van der Waals surface area (Å²) in [4.78, 5) is 0. The summed E-state index contributed by atoms with van der Waals surface area (Å²) in [7, 11) is -2.21. The summed E-state index contributed by atoms with van der Waals surface area (Å²) in [5.74, 6) is -40.8. The zero-order valence-electron chi connectivity index (χ0n) is 26.7. The van der Waals surface area contributed by atoms with Crippen molar-refractivity contribution in [3.05, 3.63) is 98.0 Å². The summed E-state index contributed by atoms with van der Waals surface area (Å²) >= 11 is 0. The van der Waals surface area contributed by atoms with Gasteiger partial charge < -0.3 is 0 Å². The molecule has 0 aromatic heterocycles. The highest BCUT2D eigenvalue weighted by Crippen LogP contribution is 2.65. The van der Waals surface area contributed by atoms with Crippen LogP contribution in [0, 0.1) is 99.1 Å². The lowest BCUT2D eigenvalue weighted by atomic mass is 9.12. The first-order valence-corrected chi connectivity index (χ1v) is 15.3. The van der Waals surface area contributed by atoms with Gasteiger partial charge in [-0.15, -0.1) is 22.3 Å². The number of halogens is 15. The van der Waals surface area contributed by atoms with Gasteiger partial charge in [-0.05, 0) is 22.6 Å². The first-order chi connectivity index (χ1) is 22.3. The molecule has 49 heavy (non-hydrogen) atoms. The van der Waals surface area contributed by atoms with Crippen LogP contribution >= 0.6 is 7.92 Å². The van der Waals surface area contributed by atoms with Gasteiger partial charge >= 0.3 is 0 Å². The van der Waals surface area contributed by atoms with E-state index in [0.717, 1.165) is 6.92 Å². The van der Waals surface area contributed by atoms with E-state index in [-0.39, 0.29) is 0 Å². The average Bonchev–Trinajstić information content (AvgIpc) is 3.00. The van der Waals surface area contributed by atoms with Crippen LogP contribution in [0.25, 0.3) is 0 Å². The van der Waals surface area contributed by atoms with Crippen LogP contribution in [0.15, 0.2) is 10.8 Å². The zero-order valence-corrected chi connectivity index (χ0v) is 27.6. The van der Waals surface area contributed by atoms with E-state index in [0.29, 0.717) is 6.92 Å². The van der Waals surface area contributed by atoms with Gasteiger partial charge in [-0.1, -0.05) is 62.3 Å². The summed E-state index contributed by atoms with van der Waals surface area (Å²) < 4.78 is 229. The Bertz CT molecular complexity index is 1710. The highest BCUT2D eigenvalue weighted by atomic mass is 31.1. The molecule has 0 amide bonds. The Morgan fingerprint density at radius 1 is 0.429 bits per heavy atom. The first-order valence-electron chi connectivity index (χ1n) is 13.9. The lowest BCUT2D eigenvalue weighted by Gasteiger charge is -2.49. The van der Waals surface area contributed by atoms with Crippen molar-refractivity contribution in [3.8, 4) is 11.8 Å². The van der Waals surface area contributed by atoms with Crippen LogP contribution in [0.2, 0.25) is 0 Å². The summed E-state index contributed by atoms with van der Waals surface area (Å²) in [5.41, 5.74) is -9.35. The second-order valence-corrected chi connectivity index (χ2v) is 16.7. The Morgan fingerprint density at radius 2 is 0.633 bits per heavy atom. The predicted octanol–water partition coefficient (Wildman–Crippen LogP) is 9.16. The largest absolute Gasteiger partial charge is 0.207 e. The Balaban J connectivity index is 3.18. The molecule has 0 nitrogen and oxygen atoms in total. The van der Waals surface area contributed by atoms with Crippen LogP contribution in [0.3, 0.4) is 0 Å². The van der Waals surface area contributed by atoms with Gasteiger partial charge in [0.1, 0.15) is 41.0 Å². The molecule has 3 aromatic carbocycles. The number of hydrogen-bond acceptors (Lipinski definition) is 0. The summed E-state index contributed by atoms with van der Waals surface area (Å²) in [5, 5.41) is -2.88. The number of allylic oxidation sites excluding steroid dienone is 2. The van der Waals surface area contributed by atoms with E-state index >= 15 is 52.7 Å². The van der Waals surface area contributed by atoms with Crippen molar-refractivity contribution in [3.63, 3.8) is 0 Å². The van der Waals surface area contributed by atoms with Crippen LogP contribution in [0.5, 0.6) is 0 Å². The van der Waals surface area contributed by atoms with Gasteiger partial charge in [0.05, 0.1) is 0 Å². The standard InChI is InChI=1S/C32H24BF15P/c1-9-10-12(49(31(3,4)5)32(6,7)8)11(2)33(13-16(34)22(40)28(46)23(41)17(13)35,14-18(36)24(42)29(47)25(43)19(14)37)15-20(38)26(44)30(48)27(45)21(15)39/h1-8H3/q-1/b12-11+. The maximum Gasteiger partial charge on any atom is 0.200 e. The molecule has 3 aromatic rings. The Hall–Kier alpha value is -3.60. The van der Waals surface area contributed by atoms with Crippen molar-refractivity contribution < 1.29 is 65.9 Å². The van der Waals surface area contributed by atoms with Crippen LogP contribution in [-0.4, -0.2) is 16.5 Å². The third-order valence-corrected chi connectivity index (χ3v) is 11.5. The molecule has 0 fully saturated rings. The molecule has 0 spiro atoms. The van der Waals surface area contributed by atoms with Gasteiger partial charge in [0.2, 0.25) is 0 Å². The number of rotatable bonds is 5. The quantitative estimate of drug-likeness (QED) is 0.0613. The average molecular weight is 735 g/mol. The van der Waals surface area contributed by atoms with Gasteiger partial charge in [-0.3, -0.25) is 0 Å². The fraction of sp³-hybridized carbons (Fsp3) is 0.312. The van der Waals surface area contributed by atoms with Gasteiger partial charge in [0.25, 0.3) is 0 Å². The normalized spacial score (nSPS) is 13.1. The number of hydrogen-bond donors (Lipinski definition) is 0. The second-order valence-electron chi connectivity index (χ2n) is 12.9. The smallest absolute Gasteiger partial charge is 0.200 e. The SMILES string of the molecule is CC#C/C(=C(/C)[B-](c1c(F)c(F)c(F)c(F)c1F)(c1c(F)c(F)c(F)c(F)c1F)c1c(F)c(F)c(F)c(F)c1F)P(C(C)(C)C)C(C)(C)C. The summed E-state index contributed by atoms with van der Waals surface area (Å²) in [6.45, 7) is 10.6. The molecule has 0 N–H and O–H groups in total. The molecule has 0 heterocycles. The lowest BCUT2D eigenvalue weighted by Crippen LogP contribution is -2.74. The molecule has 0 aliphatic rings. The van der Waals surface area contributed by atoms with E-state index in [4.69, 9.17) is 0 Å². The first kappa shape index (κ1) is 39.8. The van der Waals surface area contributed by atoms with Crippen LogP contribution < -0.4 is 16.4 Å². The van der Waals surface area contributed by atoms with Crippen molar-refractivity contribution >= 4 is 30.5 Å². The maximum absolute atomic E-state index is 16.1. The van der Waals surface area contributed by atoms with E-state index in [1.807, 2.05) is 0 Å².